The van der Waals surface area contributed by atoms with Crippen LogP contribution >= 0.6 is 12.4 Å². The first-order chi connectivity index (χ1) is 9.36. The van der Waals surface area contributed by atoms with E-state index in [1.54, 1.807) is 0 Å². The second kappa shape index (κ2) is 7.92. The summed E-state index contributed by atoms with van der Waals surface area (Å²) in [5, 5.41) is 3.38. The molecule has 0 aromatic carbocycles. The maximum atomic E-state index is 5.75. The normalized spacial score (nSPS) is 30.3. The van der Waals surface area contributed by atoms with E-state index in [2.05, 4.69) is 10.2 Å². The molecule has 1 spiro atoms. The van der Waals surface area contributed by atoms with Crippen LogP contribution < -0.4 is 5.32 Å². The van der Waals surface area contributed by atoms with Crippen LogP contribution in [0.25, 0.3) is 0 Å². The second-order valence-electron chi connectivity index (χ2n) is 5.79. The van der Waals surface area contributed by atoms with Crippen molar-refractivity contribution in [2.75, 3.05) is 52.5 Å². The first-order valence-corrected chi connectivity index (χ1v) is 7.69. The molecule has 3 fully saturated rings. The Labute approximate surface area is 127 Å². The molecule has 118 valence electrons. The highest BCUT2D eigenvalue weighted by Crippen LogP contribution is 2.31. The molecule has 3 rings (SSSR count). The summed E-state index contributed by atoms with van der Waals surface area (Å²) in [7, 11) is 0. The molecule has 3 heterocycles. The van der Waals surface area contributed by atoms with E-state index < -0.39 is 0 Å². The third-order valence-corrected chi connectivity index (χ3v) is 4.44. The molecule has 3 aliphatic heterocycles. The standard InChI is InChI=1S/C14H26N2O3.ClH/c1(2-13-12-15-5-9-17-13)6-16-7-3-14(4-8-16)18-10-11-19-14;/h13,15H,1-12H2;1H. The molecule has 0 aromatic heterocycles. The molecule has 0 bridgehead atoms. The Bertz CT molecular complexity index is 272. The number of piperidine rings is 1. The monoisotopic (exact) mass is 306 g/mol. The lowest BCUT2D eigenvalue weighted by Gasteiger charge is -2.37. The van der Waals surface area contributed by atoms with Gasteiger partial charge in [0.2, 0.25) is 0 Å². The smallest absolute Gasteiger partial charge is 0.170 e. The zero-order valence-electron chi connectivity index (χ0n) is 12.1. The highest BCUT2D eigenvalue weighted by molar-refractivity contribution is 5.85. The second-order valence-corrected chi connectivity index (χ2v) is 5.79. The number of likely N-dealkylation sites (tertiary alicyclic amines) is 1. The third-order valence-electron chi connectivity index (χ3n) is 4.44. The van der Waals surface area contributed by atoms with Crippen LogP contribution in [0.5, 0.6) is 0 Å². The van der Waals surface area contributed by atoms with Crippen LogP contribution in [0.3, 0.4) is 0 Å². The first kappa shape index (κ1) is 16.5. The predicted molar refractivity (Wildman–Crippen MR) is 79.4 cm³/mol. The summed E-state index contributed by atoms with van der Waals surface area (Å²) in [4.78, 5) is 2.53. The van der Waals surface area contributed by atoms with E-state index in [9.17, 15) is 0 Å². The van der Waals surface area contributed by atoms with Gasteiger partial charge in [0.05, 0.1) is 25.9 Å². The highest BCUT2D eigenvalue weighted by atomic mass is 35.5. The molecule has 3 aliphatic rings. The Balaban J connectivity index is 0.00000147. The van der Waals surface area contributed by atoms with Gasteiger partial charge in [0.25, 0.3) is 0 Å². The lowest BCUT2D eigenvalue weighted by atomic mass is 10.0. The average Bonchev–Trinajstić information content (AvgIpc) is 2.91. The fourth-order valence-electron chi connectivity index (χ4n) is 3.25. The minimum absolute atomic E-state index is 0. The molecule has 0 radical (unpaired) electrons. The lowest BCUT2D eigenvalue weighted by molar-refractivity contribution is -0.185. The summed E-state index contributed by atoms with van der Waals surface area (Å²) < 4.78 is 17.2. The van der Waals surface area contributed by atoms with E-state index in [0.29, 0.717) is 6.10 Å². The Morgan fingerprint density at radius 1 is 1.10 bits per heavy atom. The molecule has 6 heteroatoms. The summed E-state index contributed by atoms with van der Waals surface area (Å²) in [6, 6.07) is 0. The first-order valence-electron chi connectivity index (χ1n) is 7.69. The Morgan fingerprint density at radius 3 is 2.50 bits per heavy atom. The number of nitrogens with one attached hydrogen (secondary N) is 1. The molecule has 20 heavy (non-hydrogen) atoms. The molecule has 0 aromatic rings. The lowest BCUT2D eigenvalue weighted by Crippen LogP contribution is -2.45. The van der Waals surface area contributed by atoms with Crippen molar-refractivity contribution in [3.63, 3.8) is 0 Å². The number of ether oxygens (including phenoxy) is 3. The van der Waals surface area contributed by atoms with E-state index in [0.717, 1.165) is 58.8 Å². The molecule has 1 atom stereocenters. The van der Waals surface area contributed by atoms with Gasteiger partial charge in [-0.15, -0.1) is 12.4 Å². The minimum Gasteiger partial charge on any atom is -0.376 e. The highest BCUT2D eigenvalue weighted by Gasteiger charge is 2.39. The van der Waals surface area contributed by atoms with Gasteiger partial charge in [0.1, 0.15) is 0 Å². The van der Waals surface area contributed by atoms with Crippen molar-refractivity contribution in [3.05, 3.63) is 0 Å². The number of hydrogen-bond donors (Lipinski definition) is 1. The fourth-order valence-corrected chi connectivity index (χ4v) is 3.25. The van der Waals surface area contributed by atoms with Crippen molar-refractivity contribution in [2.45, 2.75) is 37.6 Å². The van der Waals surface area contributed by atoms with Crippen LogP contribution in [0.2, 0.25) is 0 Å². The SMILES string of the molecule is C(CC1CNCCO1)CN1CCC2(CC1)OCCO2.Cl. The maximum Gasteiger partial charge on any atom is 0.170 e. The van der Waals surface area contributed by atoms with Crippen LogP contribution in [0.1, 0.15) is 25.7 Å². The summed E-state index contributed by atoms with van der Waals surface area (Å²) in [6.07, 6.45) is 4.86. The van der Waals surface area contributed by atoms with Gasteiger partial charge in [-0.2, -0.15) is 0 Å². The number of morpholine rings is 1. The Hall–Kier alpha value is 0.0900. The van der Waals surface area contributed by atoms with E-state index in [4.69, 9.17) is 14.2 Å². The predicted octanol–water partition coefficient (Wildman–Crippen LogP) is 1.02. The fraction of sp³-hybridized carbons (Fsp3) is 1.00. The Kier molecular flexibility index (Phi) is 6.52. The molecule has 5 nitrogen and oxygen atoms in total. The van der Waals surface area contributed by atoms with Crippen LogP contribution in [-0.2, 0) is 14.2 Å². The van der Waals surface area contributed by atoms with Crippen molar-refractivity contribution < 1.29 is 14.2 Å². The molecule has 3 saturated heterocycles. The van der Waals surface area contributed by atoms with E-state index >= 15 is 0 Å². The van der Waals surface area contributed by atoms with E-state index in [1.807, 2.05) is 0 Å². The number of hydrogen-bond acceptors (Lipinski definition) is 5. The van der Waals surface area contributed by atoms with Gasteiger partial charge >= 0.3 is 0 Å². The molecule has 1 unspecified atom stereocenters. The maximum absolute atomic E-state index is 5.75. The van der Waals surface area contributed by atoms with Crippen molar-refractivity contribution in [2.24, 2.45) is 0 Å². The minimum atomic E-state index is -0.229. The summed E-state index contributed by atoms with van der Waals surface area (Å²) >= 11 is 0. The van der Waals surface area contributed by atoms with Gasteiger partial charge in [0, 0.05) is 39.0 Å². The van der Waals surface area contributed by atoms with Crippen LogP contribution in [0.4, 0.5) is 0 Å². The van der Waals surface area contributed by atoms with E-state index in [-0.39, 0.29) is 18.2 Å². The van der Waals surface area contributed by atoms with Crippen molar-refractivity contribution in [3.8, 4) is 0 Å². The van der Waals surface area contributed by atoms with Gasteiger partial charge in [-0.05, 0) is 19.4 Å². The van der Waals surface area contributed by atoms with Crippen molar-refractivity contribution in [1.82, 2.24) is 10.2 Å². The molecule has 1 N–H and O–H groups in total. The van der Waals surface area contributed by atoms with Crippen molar-refractivity contribution >= 4 is 12.4 Å². The topological polar surface area (TPSA) is 43.0 Å². The van der Waals surface area contributed by atoms with Gasteiger partial charge in [0.15, 0.2) is 5.79 Å². The largest absolute Gasteiger partial charge is 0.376 e. The zero-order valence-corrected chi connectivity index (χ0v) is 13.0. The molecule has 0 saturated carbocycles. The average molecular weight is 307 g/mol. The van der Waals surface area contributed by atoms with Crippen LogP contribution in [0, 0.1) is 0 Å². The quantitative estimate of drug-likeness (QED) is 0.840. The molecular weight excluding hydrogens is 280 g/mol. The molecule has 0 aliphatic carbocycles. The number of rotatable bonds is 4. The summed E-state index contributed by atoms with van der Waals surface area (Å²) in [5.41, 5.74) is 0. The number of halogens is 1. The van der Waals surface area contributed by atoms with Gasteiger partial charge in [-0.1, -0.05) is 0 Å². The summed E-state index contributed by atoms with van der Waals surface area (Å²) in [5.74, 6) is -0.229. The van der Waals surface area contributed by atoms with E-state index in [1.165, 1.54) is 19.4 Å². The van der Waals surface area contributed by atoms with Gasteiger partial charge < -0.3 is 24.4 Å². The molecule has 0 amide bonds. The van der Waals surface area contributed by atoms with Crippen LogP contribution in [0.15, 0.2) is 0 Å². The zero-order chi connectivity index (χ0) is 13.0. The van der Waals surface area contributed by atoms with Crippen molar-refractivity contribution in [1.29, 1.82) is 0 Å². The van der Waals surface area contributed by atoms with Gasteiger partial charge in [-0.25, -0.2) is 0 Å². The van der Waals surface area contributed by atoms with Gasteiger partial charge in [-0.3, -0.25) is 0 Å². The summed E-state index contributed by atoms with van der Waals surface area (Å²) in [6.45, 7) is 7.81. The van der Waals surface area contributed by atoms with Crippen LogP contribution in [-0.4, -0.2) is 69.3 Å². The number of nitrogens with zero attached hydrogens (tertiary/aromatic N) is 1. The third kappa shape index (κ3) is 4.29. The Morgan fingerprint density at radius 2 is 1.85 bits per heavy atom. The molecular formula is C14H27ClN2O3.